The number of nitrogens with one attached hydrogen (secondary N) is 1. The van der Waals surface area contributed by atoms with Crippen LogP contribution in [-0.2, 0) is 19.4 Å². The van der Waals surface area contributed by atoms with E-state index in [2.05, 4.69) is 11.5 Å². The van der Waals surface area contributed by atoms with Gasteiger partial charge in [0.15, 0.2) is 4.80 Å². The second-order valence-corrected chi connectivity index (χ2v) is 5.07. The lowest BCUT2D eigenvalue weighted by atomic mass is 10.0. The molecule has 0 saturated heterocycles. The van der Waals surface area contributed by atoms with Crippen LogP contribution in [0.15, 0.2) is 0 Å². The zero-order valence-electron chi connectivity index (χ0n) is 8.81. The quantitative estimate of drug-likeness (QED) is 0.795. The first kappa shape index (κ1) is 9.97. The number of hydrogen-bond acceptors (Lipinski definition) is 2. The van der Waals surface area contributed by atoms with E-state index in [1.54, 1.807) is 11.3 Å². The monoisotopic (exact) mass is 210 g/mol. The molecule has 1 N–H and O–H groups in total. The Hall–Kier alpha value is -0.570. The SMILES string of the molecule is CCCCn1c2c(sc1=N)CCCC2. The van der Waals surface area contributed by atoms with E-state index in [1.165, 1.54) is 49.1 Å². The van der Waals surface area contributed by atoms with Crippen LogP contribution in [0.4, 0.5) is 0 Å². The van der Waals surface area contributed by atoms with Crippen molar-refractivity contribution < 1.29 is 0 Å². The molecule has 2 nitrogen and oxygen atoms in total. The number of fused-ring (bicyclic) bond motifs is 1. The fourth-order valence-electron chi connectivity index (χ4n) is 2.10. The van der Waals surface area contributed by atoms with Crippen LogP contribution in [-0.4, -0.2) is 4.57 Å². The molecule has 0 saturated carbocycles. The Bertz CT molecular complexity index is 362. The van der Waals surface area contributed by atoms with Crippen LogP contribution in [0.2, 0.25) is 0 Å². The van der Waals surface area contributed by atoms with Gasteiger partial charge in [0, 0.05) is 17.1 Å². The van der Waals surface area contributed by atoms with Gasteiger partial charge in [-0.1, -0.05) is 13.3 Å². The summed E-state index contributed by atoms with van der Waals surface area (Å²) in [6, 6.07) is 0. The van der Waals surface area contributed by atoms with Gasteiger partial charge >= 0.3 is 0 Å². The Labute approximate surface area is 89.1 Å². The van der Waals surface area contributed by atoms with Crippen molar-refractivity contribution in [1.29, 1.82) is 5.41 Å². The van der Waals surface area contributed by atoms with E-state index in [-0.39, 0.29) is 0 Å². The van der Waals surface area contributed by atoms with Crippen LogP contribution < -0.4 is 4.80 Å². The number of rotatable bonds is 3. The van der Waals surface area contributed by atoms with E-state index in [4.69, 9.17) is 5.41 Å². The molecular formula is C11H18N2S. The van der Waals surface area contributed by atoms with Crippen molar-refractivity contribution in [3.05, 3.63) is 15.4 Å². The molecule has 3 heteroatoms. The summed E-state index contributed by atoms with van der Waals surface area (Å²) < 4.78 is 2.24. The van der Waals surface area contributed by atoms with E-state index >= 15 is 0 Å². The van der Waals surface area contributed by atoms with Crippen LogP contribution >= 0.6 is 11.3 Å². The fraction of sp³-hybridized carbons (Fsp3) is 0.727. The zero-order chi connectivity index (χ0) is 9.97. The van der Waals surface area contributed by atoms with Gasteiger partial charge in [-0.25, -0.2) is 0 Å². The van der Waals surface area contributed by atoms with Crippen LogP contribution in [0.25, 0.3) is 0 Å². The molecule has 0 bridgehead atoms. The van der Waals surface area contributed by atoms with Crippen LogP contribution in [0.3, 0.4) is 0 Å². The highest BCUT2D eigenvalue weighted by molar-refractivity contribution is 7.09. The third kappa shape index (κ3) is 1.78. The van der Waals surface area contributed by atoms with Gasteiger partial charge in [0.05, 0.1) is 0 Å². The molecule has 1 aliphatic rings. The minimum absolute atomic E-state index is 0.769. The lowest BCUT2D eigenvalue weighted by Gasteiger charge is -2.13. The van der Waals surface area contributed by atoms with Gasteiger partial charge in [-0.3, -0.25) is 5.41 Å². The normalized spacial score (nSPS) is 15.5. The molecule has 0 spiro atoms. The lowest BCUT2D eigenvalue weighted by Crippen LogP contribution is -2.17. The molecule has 0 unspecified atom stereocenters. The maximum absolute atomic E-state index is 7.93. The predicted octanol–water partition coefficient (Wildman–Crippen LogP) is 2.71. The average Bonchev–Trinajstić information content (AvgIpc) is 2.51. The van der Waals surface area contributed by atoms with Gasteiger partial charge in [-0.05, 0) is 32.1 Å². The fourth-order valence-corrected chi connectivity index (χ4v) is 3.23. The Morgan fingerprint density at radius 2 is 2.14 bits per heavy atom. The molecule has 1 aromatic heterocycles. The molecule has 78 valence electrons. The molecule has 0 aliphatic heterocycles. The van der Waals surface area contributed by atoms with Crippen molar-refractivity contribution in [3.63, 3.8) is 0 Å². The van der Waals surface area contributed by atoms with Gasteiger partial charge in [-0.2, -0.15) is 0 Å². The Balaban J connectivity index is 2.28. The highest BCUT2D eigenvalue weighted by atomic mass is 32.1. The summed E-state index contributed by atoms with van der Waals surface area (Å²) in [7, 11) is 0. The molecule has 0 amide bonds. The van der Waals surface area contributed by atoms with Crippen LogP contribution in [0.5, 0.6) is 0 Å². The van der Waals surface area contributed by atoms with Crippen molar-refractivity contribution in [3.8, 4) is 0 Å². The first-order chi connectivity index (χ1) is 6.83. The number of unbranched alkanes of at least 4 members (excludes halogenated alkanes) is 1. The van der Waals surface area contributed by atoms with Gasteiger partial charge in [-0.15, -0.1) is 11.3 Å². The van der Waals surface area contributed by atoms with E-state index in [1.807, 2.05) is 0 Å². The Kier molecular flexibility index (Phi) is 3.06. The van der Waals surface area contributed by atoms with Gasteiger partial charge in [0.25, 0.3) is 0 Å². The molecule has 0 atom stereocenters. The molecule has 0 aromatic carbocycles. The lowest BCUT2D eigenvalue weighted by molar-refractivity contribution is 0.560. The molecule has 0 fully saturated rings. The highest BCUT2D eigenvalue weighted by Gasteiger charge is 2.15. The minimum Gasteiger partial charge on any atom is -0.321 e. The maximum atomic E-state index is 7.93. The summed E-state index contributed by atoms with van der Waals surface area (Å²) in [4.78, 5) is 2.25. The molecule has 1 heterocycles. The van der Waals surface area contributed by atoms with E-state index in [0.29, 0.717) is 0 Å². The van der Waals surface area contributed by atoms with Gasteiger partial charge < -0.3 is 4.57 Å². The first-order valence-corrected chi connectivity index (χ1v) is 6.40. The number of nitrogens with zero attached hydrogens (tertiary/aromatic N) is 1. The van der Waals surface area contributed by atoms with Crippen molar-refractivity contribution in [2.75, 3.05) is 0 Å². The second-order valence-electron chi connectivity index (χ2n) is 3.99. The Morgan fingerprint density at radius 3 is 2.93 bits per heavy atom. The number of thiazole rings is 1. The summed E-state index contributed by atoms with van der Waals surface area (Å²) in [5.41, 5.74) is 1.47. The molecule has 1 aliphatic carbocycles. The topological polar surface area (TPSA) is 28.8 Å². The maximum Gasteiger partial charge on any atom is 0.182 e. The standard InChI is InChI=1S/C11H18N2S/c1-2-3-8-13-9-6-4-5-7-10(9)14-11(13)12/h12H,2-8H2,1H3. The number of hydrogen-bond donors (Lipinski definition) is 1. The van der Waals surface area contributed by atoms with E-state index in [0.717, 1.165) is 11.3 Å². The number of aryl methyl sites for hydroxylation is 1. The predicted molar refractivity (Wildman–Crippen MR) is 59.7 cm³/mol. The molecule has 14 heavy (non-hydrogen) atoms. The molecule has 0 radical (unpaired) electrons. The van der Waals surface area contributed by atoms with Gasteiger partial charge in [0.1, 0.15) is 0 Å². The molecule has 2 rings (SSSR count). The summed E-state index contributed by atoms with van der Waals surface area (Å²) in [5, 5.41) is 7.93. The second kappa shape index (κ2) is 4.30. The largest absolute Gasteiger partial charge is 0.321 e. The zero-order valence-corrected chi connectivity index (χ0v) is 9.62. The van der Waals surface area contributed by atoms with Crippen LogP contribution in [0, 0.1) is 5.41 Å². The minimum atomic E-state index is 0.769. The van der Waals surface area contributed by atoms with Crippen molar-refractivity contribution in [1.82, 2.24) is 4.57 Å². The highest BCUT2D eigenvalue weighted by Crippen LogP contribution is 2.23. The van der Waals surface area contributed by atoms with Crippen molar-refractivity contribution in [2.24, 2.45) is 0 Å². The smallest absolute Gasteiger partial charge is 0.182 e. The van der Waals surface area contributed by atoms with Crippen molar-refractivity contribution >= 4 is 11.3 Å². The van der Waals surface area contributed by atoms with E-state index in [9.17, 15) is 0 Å². The summed E-state index contributed by atoms with van der Waals surface area (Å²) >= 11 is 1.70. The summed E-state index contributed by atoms with van der Waals surface area (Å²) in [6.07, 6.45) is 7.48. The Morgan fingerprint density at radius 1 is 1.36 bits per heavy atom. The third-order valence-corrected chi connectivity index (χ3v) is 4.02. The molecule has 1 aromatic rings. The summed E-state index contributed by atoms with van der Waals surface area (Å²) in [6.45, 7) is 3.27. The average molecular weight is 210 g/mol. The van der Waals surface area contributed by atoms with Crippen LogP contribution in [0.1, 0.15) is 43.2 Å². The first-order valence-electron chi connectivity index (χ1n) is 5.59. The molecular weight excluding hydrogens is 192 g/mol. The van der Waals surface area contributed by atoms with Crippen molar-refractivity contribution in [2.45, 2.75) is 52.0 Å². The third-order valence-electron chi connectivity index (χ3n) is 2.92. The summed E-state index contributed by atoms with van der Waals surface area (Å²) in [5.74, 6) is 0. The number of aromatic nitrogens is 1. The van der Waals surface area contributed by atoms with Gasteiger partial charge in [0.2, 0.25) is 0 Å². The van der Waals surface area contributed by atoms with E-state index < -0.39 is 0 Å².